The van der Waals surface area contributed by atoms with Crippen molar-refractivity contribution in [3.8, 4) is 0 Å². The van der Waals surface area contributed by atoms with Gasteiger partial charge in [-0.1, -0.05) is 24.3 Å². The van der Waals surface area contributed by atoms with Gasteiger partial charge in [-0.05, 0) is 43.5 Å². The minimum atomic E-state index is -0.0196. The zero-order valence-corrected chi connectivity index (χ0v) is 13.4. The molecule has 4 nitrogen and oxygen atoms in total. The molecule has 116 valence electrons. The molecule has 1 aliphatic heterocycles. The molecule has 4 heteroatoms. The van der Waals surface area contributed by atoms with E-state index in [2.05, 4.69) is 36.1 Å². The van der Waals surface area contributed by atoms with Crippen LogP contribution in [0.25, 0.3) is 5.65 Å². The van der Waals surface area contributed by atoms with Crippen LogP contribution in [-0.2, 0) is 13.0 Å². The van der Waals surface area contributed by atoms with Crippen molar-refractivity contribution in [1.82, 2.24) is 9.38 Å². The lowest BCUT2D eigenvalue weighted by Crippen LogP contribution is -2.30. The number of hydrogen-bond acceptors (Lipinski definition) is 3. The summed E-state index contributed by atoms with van der Waals surface area (Å²) in [5, 5.41) is 0. The minimum absolute atomic E-state index is 0.0196. The van der Waals surface area contributed by atoms with Gasteiger partial charge in [-0.15, -0.1) is 0 Å². The van der Waals surface area contributed by atoms with Crippen LogP contribution in [0.3, 0.4) is 0 Å². The summed E-state index contributed by atoms with van der Waals surface area (Å²) < 4.78 is 1.61. The number of pyridine rings is 1. The summed E-state index contributed by atoms with van der Waals surface area (Å²) in [5.74, 6) is 0. The predicted octanol–water partition coefficient (Wildman–Crippen LogP) is 2.95. The van der Waals surface area contributed by atoms with Crippen LogP contribution in [0.15, 0.2) is 53.5 Å². The Labute approximate surface area is 135 Å². The number of nitrogens with zero attached hydrogens (tertiary/aromatic N) is 3. The van der Waals surface area contributed by atoms with Crippen molar-refractivity contribution in [3.05, 3.63) is 75.8 Å². The molecule has 0 spiro atoms. The van der Waals surface area contributed by atoms with Gasteiger partial charge in [0.15, 0.2) is 0 Å². The quantitative estimate of drug-likeness (QED) is 0.730. The van der Waals surface area contributed by atoms with Crippen LogP contribution in [-0.4, -0.2) is 15.4 Å². The molecule has 0 aliphatic carbocycles. The maximum absolute atomic E-state index is 12.4. The van der Waals surface area contributed by atoms with Gasteiger partial charge in [-0.3, -0.25) is 9.20 Å². The Balaban J connectivity index is 1.77. The second kappa shape index (κ2) is 5.23. The summed E-state index contributed by atoms with van der Waals surface area (Å²) in [6, 6.07) is 14.4. The van der Waals surface area contributed by atoms with E-state index in [9.17, 15) is 4.79 Å². The lowest BCUT2D eigenvalue weighted by molar-refractivity contribution is 0.664. The maximum Gasteiger partial charge on any atom is 0.258 e. The Morgan fingerprint density at radius 3 is 2.91 bits per heavy atom. The number of rotatable bonds is 2. The Kier molecular flexibility index (Phi) is 3.18. The van der Waals surface area contributed by atoms with E-state index in [1.165, 1.54) is 11.3 Å². The smallest absolute Gasteiger partial charge is 0.258 e. The third-order valence-electron chi connectivity index (χ3n) is 4.62. The molecule has 4 rings (SSSR count). The Hall–Kier alpha value is -2.62. The fourth-order valence-electron chi connectivity index (χ4n) is 3.43. The molecule has 0 saturated heterocycles. The van der Waals surface area contributed by atoms with Crippen molar-refractivity contribution >= 4 is 11.3 Å². The maximum atomic E-state index is 12.4. The summed E-state index contributed by atoms with van der Waals surface area (Å²) in [7, 11) is 0. The highest BCUT2D eigenvalue weighted by molar-refractivity contribution is 5.59. The van der Waals surface area contributed by atoms with Crippen molar-refractivity contribution in [2.24, 2.45) is 0 Å². The first-order chi connectivity index (χ1) is 11.1. The Morgan fingerprint density at radius 2 is 2.04 bits per heavy atom. The number of aromatic nitrogens is 2. The molecular weight excluding hydrogens is 286 g/mol. The van der Waals surface area contributed by atoms with E-state index in [4.69, 9.17) is 4.98 Å². The minimum Gasteiger partial charge on any atom is -0.362 e. The van der Waals surface area contributed by atoms with Gasteiger partial charge >= 0.3 is 0 Å². The van der Waals surface area contributed by atoms with Crippen LogP contribution in [0.4, 0.5) is 5.69 Å². The van der Waals surface area contributed by atoms with Gasteiger partial charge in [-0.25, -0.2) is 4.98 Å². The molecule has 1 aromatic carbocycles. The second-order valence-corrected chi connectivity index (χ2v) is 6.28. The summed E-state index contributed by atoms with van der Waals surface area (Å²) >= 11 is 0. The van der Waals surface area contributed by atoms with Gasteiger partial charge in [0.25, 0.3) is 5.56 Å². The van der Waals surface area contributed by atoms with Gasteiger partial charge < -0.3 is 4.90 Å². The van der Waals surface area contributed by atoms with E-state index in [0.29, 0.717) is 12.6 Å². The zero-order chi connectivity index (χ0) is 16.0. The molecule has 1 atom stereocenters. The van der Waals surface area contributed by atoms with Gasteiger partial charge in [0.1, 0.15) is 5.65 Å². The number of hydrogen-bond donors (Lipinski definition) is 0. The van der Waals surface area contributed by atoms with E-state index in [1.54, 1.807) is 16.7 Å². The predicted molar refractivity (Wildman–Crippen MR) is 92.0 cm³/mol. The third-order valence-corrected chi connectivity index (χ3v) is 4.62. The molecule has 0 amide bonds. The van der Waals surface area contributed by atoms with E-state index in [1.807, 2.05) is 19.1 Å². The molecule has 1 aliphatic rings. The number of aryl methyl sites for hydroxylation is 1. The summed E-state index contributed by atoms with van der Waals surface area (Å²) in [4.78, 5) is 19.4. The first kappa shape index (κ1) is 14.0. The van der Waals surface area contributed by atoms with E-state index < -0.39 is 0 Å². The topological polar surface area (TPSA) is 37.6 Å². The van der Waals surface area contributed by atoms with Gasteiger partial charge in [-0.2, -0.15) is 0 Å². The van der Waals surface area contributed by atoms with Crippen molar-refractivity contribution in [2.75, 3.05) is 4.90 Å². The molecule has 0 bridgehead atoms. The Bertz CT molecular complexity index is 945. The van der Waals surface area contributed by atoms with Crippen LogP contribution in [0, 0.1) is 6.92 Å². The number of anilines is 1. The fourth-order valence-corrected chi connectivity index (χ4v) is 3.43. The van der Waals surface area contributed by atoms with Crippen LogP contribution < -0.4 is 10.5 Å². The SMILES string of the molecule is Cc1cccn2c(=O)cc(CN3c4ccccc4CC3C)nc12. The van der Waals surface area contributed by atoms with Crippen molar-refractivity contribution in [1.29, 1.82) is 0 Å². The van der Waals surface area contributed by atoms with Gasteiger partial charge in [0.05, 0.1) is 12.2 Å². The molecule has 3 heterocycles. The van der Waals surface area contributed by atoms with Crippen LogP contribution in [0.5, 0.6) is 0 Å². The van der Waals surface area contributed by atoms with E-state index in [-0.39, 0.29) is 5.56 Å². The largest absolute Gasteiger partial charge is 0.362 e. The highest BCUT2D eigenvalue weighted by Gasteiger charge is 2.25. The van der Waals surface area contributed by atoms with Gasteiger partial charge in [0.2, 0.25) is 0 Å². The van der Waals surface area contributed by atoms with Crippen LogP contribution in [0.2, 0.25) is 0 Å². The summed E-state index contributed by atoms with van der Waals surface area (Å²) in [5.41, 5.74) is 5.19. The molecule has 0 saturated carbocycles. The van der Waals surface area contributed by atoms with E-state index in [0.717, 1.165) is 23.3 Å². The molecule has 0 radical (unpaired) electrons. The molecule has 0 fully saturated rings. The lowest BCUT2D eigenvalue weighted by Gasteiger charge is -2.24. The van der Waals surface area contributed by atoms with Crippen molar-refractivity contribution in [3.63, 3.8) is 0 Å². The number of fused-ring (bicyclic) bond motifs is 2. The van der Waals surface area contributed by atoms with Crippen LogP contribution in [0.1, 0.15) is 23.7 Å². The molecule has 0 N–H and O–H groups in total. The third kappa shape index (κ3) is 2.31. The molecule has 3 aromatic rings. The second-order valence-electron chi connectivity index (χ2n) is 6.28. The van der Waals surface area contributed by atoms with Gasteiger partial charge in [0, 0.05) is 24.0 Å². The van der Waals surface area contributed by atoms with Crippen LogP contribution >= 0.6 is 0 Å². The molecule has 1 unspecified atom stereocenters. The highest BCUT2D eigenvalue weighted by Crippen LogP contribution is 2.32. The number of benzene rings is 1. The molecule has 23 heavy (non-hydrogen) atoms. The molecule has 2 aromatic heterocycles. The normalized spacial score (nSPS) is 16.8. The lowest BCUT2D eigenvalue weighted by atomic mass is 10.1. The zero-order valence-electron chi connectivity index (χ0n) is 13.4. The van der Waals surface area contributed by atoms with Crippen molar-refractivity contribution < 1.29 is 0 Å². The highest BCUT2D eigenvalue weighted by atomic mass is 16.1. The Morgan fingerprint density at radius 1 is 1.22 bits per heavy atom. The monoisotopic (exact) mass is 305 g/mol. The number of para-hydroxylation sites is 1. The first-order valence-corrected chi connectivity index (χ1v) is 7.96. The average Bonchev–Trinajstić information content (AvgIpc) is 2.85. The summed E-state index contributed by atoms with van der Waals surface area (Å²) in [6.45, 7) is 4.87. The summed E-state index contributed by atoms with van der Waals surface area (Å²) in [6.07, 6.45) is 2.82. The molecular formula is C19H19N3O. The average molecular weight is 305 g/mol. The fraction of sp³-hybridized carbons (Fsp3) is 0.263. The van der Waals surface area contributed by atoms with E-state index >= 15 is 0 Å². The van der Waals surface area contributed by atoms with Crippen molar-refractivity contribution in [2.45, 2.75) is 32.9 Å². The standard InChI is InChI=1S/C19H19N3O/c1-13-6-5-9-21-18(23)11-16(20-19(13)21)12-22-14(2)10-15-7-3-4-8-17(15)22/h3-9,11,14H,10,12H2,1-2H3. The first-order valence-electron chi connectivity index (χ1n) is 7.96.